The molecule has 1 unspecified atom stereocenters. The second kappa shape index (κ2) is 7.47. The minimum Gasteiger partial charge on any atom is -0.367 e. The number of hydrogen-bond acceptors (Lipinski definition) is 4. The molecule has 1 atom stereocenters. The molecule has 1 aliphatic rings. The maximum atomic E-state index is 12.3. The van der Waals surface area contributed by atoms with Crippen molar-refractivity contribution in [2.75, 3.05) is 25.0 Å². The smallest absolute Gasteiger partial charge is 0.317 e. The van der Waals surface area contributed by atoms with Crippen molar-refractivity contribution in [3.63, 3.8) is 0 Å². The summed E-state index contributed by atoms with van der Waals surface area (Å²) in [7, 11) is 0. The van der Waals surface area contributed by atoms with Crippen molar-refractivity contribution < 1.29 is 4.79 Å². The summed E-state index contributed by atoms with van der Waals surface area (Å²) in [4.78, 5) is 18.2. The normalized spacial score (nSPS) is 16.0. The number of pyridine rings is 1. The summed E-state index contributed by atoms with van der Waals surface area (Å²) in [6, 6.07) is 15.7. The van der Waals surface area contributed by atoms with Gasteiger partial charge in [0.2, 0.25) is 0 Å². The van der Waals surface area contributed by atoms with E-state index in [0.717, 1.165) is 13.0 Å². The van der Waals surface area contributed by atoms with E-state index in [-0.39, 0.29) is 12.1 Å². The van der Waals surface area contributed by atoms with Crippen LogP contribution in [0.5, 0.6) is 0 Å². The summed E-state index contributed by atoms with van der Waals surface area (Å²) in [6.45, 7) is 1.76. The van der Waals surface area contributed by atoms with Crippen LogP contribution < -0.4 is 10.6 Å². The van der Waals surface area contributed by atoms with Crippen LogP contribution in [0.3, 0.4) is 0 Å². The highest BCUT2D eigenvalue weighted by molar-refractivity contribution is 5.75. The number of benzene rings is 1. The van der Waals surface area contributed by atoms with Gasteiger partial charge in [-0.1, -0.05) is 30.3 Å². The average molecular weight is 321 g/mol. The summed E-state index contributed by atoms with van der Waals surface area (Å²) in [5.74, 6) is 0.542. The lowest BCUT2D eigenvalue weighted by Crippen LogP contribution is -2.50. The number of carbonyl (C=O) groups excluding carboxylic acids is 1. The summed E-state index contributed by atoms with van der Waals surface area (Å²) in [5, 5.41) is 15.0. The predicted molar refractivity (Wildman–Crippen MR) is 91.3 cm³/mol. The first-order chi connectivity index (χ1) is 11.8. The number of urea groups is 1. The zero-order valence-corrected chi connectivity index (χ0v) is 13.3. The summed E-state index contributed by atoms with van der Waals surface area (Å²) in [6.07, 6.45) is 2.63. The van der Waals surface area contributed by atoms with Crippen molar-refractivity contribution in [3.8, 4) is 6.07 Å². The number of nitrogens with zero attached hydrogens (tertiary/aromatic N) is 3. The van der Waals surface area contributed by atoms with Gasteiger partial charge >= 0.3 is 6.03 Å². The lowest BCUT2D eigenvalue weighted by molar-refractivity contribution is 0.115. The molecule has 0 aliphatic carbocycles. The molecular weight excluding hydrogens is 302 g/mol. The minimum atomic E-state index is -0.0570. The number of amides is 2. The molecule has 2 heterocycles. The molecule has 0 spiro atoms. The van der Waals surface area contributed by atoms with Gasteiger partial charge in [-0.15, -0.1) is 0 Å². The molecule has 1 saturated heterocycles. The molecule has 122 valence electrons. The molecule has 2 N–H and O–H groups in total. The highest BCUT2D eigenvalue weighted by Crippen LogP contribution is 2.32. The van der Waals surface area contributed by atoms with Crippen molar-refractivity contribution in [3.05, 3.63) is 59.8 Å². The maximum Gasteiger partial charge on any atom is 0.317 e. The molecule has 1 aliphatic heterocycles. The number of rotatable bonds is 5. The van der Waals surface area contributed by atoms with Crippen LogP contribution in [0.15, 0.2) is 48.7 Å². The van der Waals surface area contributed by atoms with Gasteiger partial charge in [-0.25, -0.2) is 9.78 Å². The molecule has 3 rings (SSSR count). The third-order valence-electron chi connectivity index (χ3n) is 4.09. The van der Waals surface area contributed by atoms with Crippen LogP contribution >= 0.6 is 0 Å². The van der Waals surface area contributed by atoms with Gasteiger partial charge in [0.05, 0.1) is 11.6 Å². The summed E-state index contributed by atoms with van der Waals surface area (Å²) in [5.41, 5.74) is 1.67. The highest BCUT2D eigenvalue weighted by Gasteiger charge is 2.32. The summed E-state index contributed by atoms with van der Waals surface area (Å²) >= 11 is 0. The van der Waals surface area contributed by atoms with E-state index in [2.05, 4.69) is 33.8 Å². The quantitative estimate of drug-likeness (QED) is 0.829. The molecule has 1 aromatic carbocycles. The highest BCUT2D eigenvalue weighted by atomic mass is 16.2. The molecule has 1 fully saturated rings. The summed E-state index contributed by atoms with van der Waals surface area (Å²) < 4.78 is 0. The van der Waals surface area contributed by atoms with Crippen LogP contribution in [0.4, 0.5) is 10.6 Å². The molecule has 0 radical (unpaired) electrons. The minimum absolute atomic E-state index is 0.0570. The predicted octanol–water partition coefficient (Wildman–Crippen LogP) is 2.52. The second-order valence-electron chi connectivity index (χ2n) is 5.58. The molecule has 24 heavy (non-hydrogen) atoms. The first kappa shape index (κ1) is 15.8. The fraction of sp³-hybridized carbons (Fsp3) is 0.278. The molecule has 0 saturated carbocycles. The van der Waals surface area contributed by atoms with Crippen LogP contribution in [-0.4, -0.2) is 35.5 Å². The number of hydrogen-bond donors (Lipinski definition) is 2. The van der Waals surface area contributed by atoms with E-state index in [1.165, 1.54) is 5.56 Å². The van der Waals surface area contributed by atoms with Gasteiger partial charge in [0.25, 0.3) is 0 Å². The number of likely N-dealkylation sites (tertiary alicyclic amines) is 1. The third-order valence-corrected chi connectivity index (χ3v) is 4.09. The lowest BCUT2D eigenvalue weighted by Gasteiger charge is -2.41. The van der Waals surface area contributed by atoms with Gasteiger partial charge in [-0.05, 0) is 24.1 Å². The van der Waals surface area contributed by atoms with Crippen molar-refractivity contribution in [2.45, 2.75) is 12.5 Å². The SMILES string of the molecule is N#Cc1cccnc1NCCNC(=O)N1CCC1c1ccccc1. The van der Waals surface area contributed by atoms with Crippen molar-refractivity contribution in [1.82, 2.24) is 15.2 Å². The van der Waals surface area contributed by atoms with Crippen molar-refractivity contribution in [1.29, 1.82) is 5.26 Å². The topological polar surface area (TPSA) is 81.0 Å². The van der Waals surface area contributed by atoms with E-state index in [9.17, 15) is 4.79 Å². The number of nitrogens with one attached hydrogen (secondary N) is 2. The van der Waals surface area contributed by atoms with E-state index in [1.807, 2.05) is 23.1 Å². The first-order valence-corrected chi connectivity index (χ1v) is 7.98. The van der Waals surface area contributed by atoms with Gasteiger partial charge in [0.1, 0.15) is 11.9 Å². The standard InChI is InChI=1S/C18H19N5O/c19-13-15-7-4-9-20-17(15)21-10-11-22-18(24)23-12-8-16(23)14-5-2-1-3-6-14/h1-7,9,16H,8,10-12H2,(H,20,21)(H,22,24). The second-order valence-corrected chi connectivity index (χ2v) is 5.58. The Balaban J connectivity index is 1.46. The van der Waals surface area contributed by atoms with Gasteiger partial charge in [0, 0.05) is 25.8 Å². The Morgan fingerprint density at radius 1 is 1.25 bits per heavy atom. The van der Waals surface area contributed by atoms with Crippen molar-refractivity contribution >= 4 is 11.8 Å². The van der Waals surface area contributed by atoms with Crippen LogP contribution in [0.2, 0.25) is 0 Å². The van der Waals surface area contributed by atoms with Gasteiger partial charge in [0.15, 0.2) is 0 Å². The molecule has 0 bridgehead atoms. The number of nitriles is 1. The zero-order chi connectivity index (χ0) is 16.8. The molecule has 2 aromatic rings. The van der Waals surface area contributed by atoms with Crippen LogP contribution in [0.25, 0.3) is 0 Å². The van der Waals surface area contributed by atoms with E-state index in [4.69, 9.17) is 5.26 Å². The van der Waals surface area contributed by atoms with E-state index in [1.54, 1.807) is 18.3 Å². The fourth-order valence-corrected chi connectivity index (χ4v) is 2.74. The fourth-order valence-electron chi connectivity index (χ4n) is 2.74. The maximum absolute atomic E-state index is 12.3. The molecule has 1 aromatic heterocycles. The number of aromatic nitrogens is 1. The van der Waals surface area contributed by atoms with Crippen LogP contribution in [0, 0.1) is 11.3 Å². The van der Waals surface area contributed by atoms with E-state index in [0.29, 0.717) is 24.5 Å². The largest absolute Gasteiger partial charge is 0.367 e. The Kier molecular flexibility index (Phi) is 4.92. The van der Waals surface area contributed by atoms with E-state index >= 15 is 0 Å². The first-order valence-electron chi connectivity index (χ1n) is 7.98. The monoisotopic (exact) mass is 321 g/mol. The molecular formula is C18H19N5O. The van der Waals surface area contributed by atoms with Gasteiger partial charge in [-0.3, -0.25) is 0 Å². The van der Waals surface area contributed by atoms with Crippen LogP contribution in [0.1, 0.15) is 23.6 Å². The Morgan fingerprint density at radius 2 is 2.08 bits per heavy atom. The van der Waals surface area contributed by atoms with Crippen molar-refractivity contribution in [2.24, 2.45) is 0 Å². The molecule has 2 amide bonds. The Morgan fingerprint density at radius 3 is 2.79 bits per heavy atom. The Hall–Kier alpha value is -3.07. The third kappa shape index (κ3) is 3.46. The molecule has 6 nitrogen and oxygen atoms in total. The number of anilines is 1. The van der Waals surface area contributed by atoms with Gasteiger partial charge < -0.3 is 15.5 Å². The average Bonchev–Trinajstić information content (AvgIpc) is 2.59. The van der Waals surface area contributed by atoms with Gasteiger partial charge in [-0.2, -0.15) is 5.26 Å². The van der Waals surface area contributed by atoms with Crippen LogP contribution in [-0.2, 0) is 0 Å². The lowest BCUT2D eigenvalue weighted by atomic mass is 9.95. The molecule has 6 heteroatoms. The number of carbonyl (C=O) groups is 1. The zero-order valence-electron chi connectivity index (χ0n) is 13.3. The Bertz CT molecular complexity index is 741. The van der Waals surface area contributed by atoms with E-state index < -0.39 is 0 Å². The Labute approximate surface area is 141 Å².